The van der Waals surface area contributed by atoms with Crippen molar-refractivity contribution in [2.75, 3.05) is 0 Å². The minimum absolute atomic E-state index is 0.115. The summed E-state index contributed by atoms with van der Waals surface area (Å²) in [6.07, 6.45) is 7.15. The topological polar surface area (TPSA) is 81.8 Å². The first-order valence-corrected chi connectivity index (χ1v) is 8.61. The summed E-state index contributed by atoms with van der Waals surface area (Å²) in [4.78, 5) is 21.7. The standard InChI is InChI=1S/C20H18N4O2/c25-20(15-9-11-24(26)12-10-15)23-18-8-4-7-17-16(18)13-21-19(22-17)14-5-2-1-3-6-14/h1-3,5-6,9-13,18H,4,7-8H2,(H,23,25)/t18-/m0/s1. The molecule has 1 atom stereocenters. The second-order valence-corrected chi connectivity index (χ2v) is 6.33. The van der Waals surface area contributed by atoms with Gasteiger partial charge < -0.3 is 10.5 Å². The Morgan fingerprint density at radius 3 is 2.69 bits per heavy atom. The Hall–Kier alpha value is -3.28. The van der Waals surface area contributed by atoms with Crippen LogP contribution in [-0.4, -0.2) is 15.9 Å². The van der Waals surface area contributed by atoms with Gasteiger partial charge in [-0.25, -0.2) is 9.97 Å². The summed E-state index contributed by atoms with van der Waals surface area (Å²) < 4.78 is 0.658. The summed E-state index contributed by atoms with van der Waals surface area (Å²) >= 11 is 0. The van der Waals surface area contributed by atoms with Gasteiger partial charge in [0.25, 0.3) is 5.91 Å². The molecule has 0 bridgehead atoms. The number of carbonyl (C=O) groups excluding carboxylic acids is 1. The van der Waals surface area contributed by atoms with Gasteiger partial charge in [-0.05, 0) is 19.3 Å². The van der Waals surface area contributed by atoms with E-state index in [4.69, 9.17) is 4.98 Å². The summed E-state index contributed by atoms with van der Waals surface area (Å²) in [6.45, 7) is 0. The smallest absolute Gasteiger partial charge is 0.252 e. The minimum atomic E-state index is -0.199. The predicted octanol–water partition coefficient (Wildman–Crippen LogP) is 2.58. The molecule has 4 rings (SSSR count). The lowest BCUT2D eigenvalue weighted by atomic mass is 9.92. The van der Waals surface area contributed by atoms with Crippen LogP contribution in [0.1, 0.15) is 40.5 Å². The van der Waals surface area contributed by atoms with Crippen molar-refractivity contribution in [2.45, 2.75) is 25.3 Å². The first kappa shape index (κ1) is 16.2. The molecule has 0 saturated carbocycles. The number of rotatable bonds is 3. The van der Waals surface area contributed by atoms with Gasteiger partial charge in [0, 0.05) is 35.2 Å². The Balaban J connectivity index is 1.57. The molecule has 1 N–H and O–H groups in total. The molecule has 2 aromatic heterocycles. The van der Waals surface area contributed by atoms with Crippen LogP contribution in [0, 0.1) is 5.21 Å². The summed E-state index contributed by atoms with van der Waals surface area (Å²) in [5, 5.41) is 14.2. The molecule has 3 aromatic rings. The number of pyridine rings is 1. The minimum Gasteiger partial charge on any atom is -0.619 e. The average molecular weight is 346 g/mol. The van der Waals surface area contributed by atoms with Gasteiger partial charge in [-0.15, -0.1) is 0 Å². The maximum absolute atomic E-state index is 12.5. The van der Waals surface area contributed by atoms with Crippen LogP contribution >= 0.6 is 0 Å². The number of carbonyl (C=O) groups is 1. The third-order valence-electron chi connectivity index (χ3n) is 4.58. The molecule has 1 aliphatic rings. The second kappa shape index (κ2) is 6.92. The van der Waals surface area contributed by atoms with Gasteiger partial charge in [-0.3, -0.25) is 4.79 Å². The molecule has 1 aromatic carbocycles. The molecule has 0 fully saturated rings. The quantitative estimate of drug-likeness (QED) is 0.584. The molecule has 6 nitrogen and oxygen atoms in total. The number of hydrogen-bond acceptors (Lipinski definition) is 4. The molecule has 130 valence electrons. The maximum Gasteiger partial charge on any atom is 0.252 e. The molecular formula is C20H18N4O2. The third kappa shape index (κ3) is 3.26. The predicted molar refractivity (Wildman–Crippen MR) is 96.0 cm³/mol. The molecule has 26 heavy (non-hydrogen) atoms. The molecule has 1 amide bonds. The molecule has 1 aliphatic carbocycles. The van der Waals surface area contributed by atoms with Crippen LogP contribution in [0.4, 0.5) is 0 Å². The summed E-state index contributed by atoms with van der Waals surface area (Å²) in [5.74, 6) is 0.509. The normalized spacial score (nSPS) is 15.9. The van der Waals surface area contributed by atoms with E-state index in [9.17, 15) is 10.0 Å². The van der Waals surface area contributed by atoms with Crippen molar-refractivity contribution in [1.29, 1.82) is 0 Å². The van der Waals surface area contributed by atoms with Crippen LogP contribution < -0.4 is 10.0 Å². The lowest BCUT2D eigenvalue weighted by Gasteiger charge is -2.25. The molecule has 0 spiro atoms. The van der Waals surface area contributed by atoms with E-state index < -0.39 is 0 Å². The Kier molecular flexibility index (Phi) is 4.31. The van der Waals surface area contributed by atoms with Crippen LogP contribution in [0.25, 0.3) is 11.4 Å². The van der Waals surface area contributed by atoms with Crippen molar-refractivity contribution < 1.29 is 9.52 Å². The van der Waals surface area contributed by atoms with E-state index in [1.807, 2.05) is 36.5 Å². The number of fused-ring (bicyclic) bond motifs is 1. The number of aryl methyl sites for hydroxylation is 1. The lowest BCUT2D eigenvalue weighted by molar-refractivity contribution is -0.605. The number of nitrogens with one attached hydrogen (secondary N) is 1. The summed E-state index contributed by atoms with van der Waals surface area (Å²) in [5.41, 5.74) is 3.41. The first-order valence-electron chi connectivity index (χ1n) is 8.61. The zero-order valence-electron chi connectivity index (χ0n) is 14.1. The van der Waals surface area contributed by atoms with Crippen LogP contribution in [-0.2, 0) is 6.42 Å². The number of amides is 1. The number of benzene rings is 1. The number of aromatic nitrogens is 3. The van der Waals surface area contributed by atoms with E-state index >= 15 is 0 Å². The summed E-state index contributed by atoms with van der Waals surface area (Å²) in [7, 11) is 0. The van der Waals surface area contributed by atoms with Crippen LogP contribution in [0.3, 0.4) is 0 Å². The molecule has 0 saturated heterocycles. The highest BCUT2D eigenvalue weighted by Gasteiger charge is 2.24. The lowest BCUT2D eigenvalue weighted by Crippen LogP contribution is -2.32. The largest absolute Gasteiger partial charge is 0.619 e. The molecule has 0 unspecified atom stereocenters. The highest BCUT2D eigenvalue weighted by Crippen LogP contribution is 2.29. The van der Waals surface area contributed by atoms with Crippen LogP contribution in [0.2, 0.25) is 0 Å². The van der Waals surface area contributed by atoms with Gasteiger partial charge >= 0.3 is 0 Å². The summed E-state index contributed by atoms with van der Waals surface area (Å²) in [6, 6.07) is 12.8. The second-order valence-electron chi connectivity index (χ2n) is 6.33. The molecular weight excluding hydrogens is 328 g/mol. The van der Waals surface area contributed by atoms with E-state index in [1.54, 1.807) is 0 Å². The highest BCUT2D eigenvalue weighted by atomic mass is 16.5. The van der Waals surface area contributed by atoms with E-state index in [2.05, 4.69) is 10.3 Å². The Labute approximate surface area is 151 Å². The van der Waals surface area contributed by atoms with Gasteiger partial charge in [0.15, 0.2) is 18.2 Å². The van der Waals surface area contributed by atoms with E-state index in [0.717, 1.165) is 36.1 Å². The number of hydrogen-bond donors (Lipinski definition) is 1. The molecule has 6 heteroatoms. The van der Waals surface area contributed by atoms with Gasteiger partial charge in [-0.1, -0.05) is 30.3 Å². The SMILES string of the molecule is O=C(N[C@H]1CCCc2nc(-c3ccccc3)ncc21)c1cc[n+]([O-])cc1. The van der Waals surface area contributed by atoms with Gasteiger partial charge in [-0.2, -0.15) is 4.73 Å². The van der Waals surface area contributed by atoms with Crippen molar-refractivity contribution in [1.82, 2.24) is 15.3 Å². The highest BCUT2D eigenvalue weighted by molar-refractivity contribution is 5.94. The molecule has 0 aliphatic heterocycles. The monoisotopic (exact) mass is 346 g/mol. The van der Waals surface area contributed by atoms with Crippen LogP contribution in [0.15, 0.2) is 61.1 Å². The zero-order chi connectivity index (χ0) is 17.9. The van der Waals surface area contributed by atoms with Crippen molar-refractivity contribution in [3.05, 3.63) is 83.1 Å². The molecule has 0 radical (unpaired) electrons. The third-order valence-corrected chi connectivity index (χ3v) is 4.58. The Morgan fingerprint density at radius 2 is 1.92 bits per heavy atom. The van der Waals surface area contributed by atoms with E-state index in [0.29, 0.717) is 16.1 Å². The fraction of sp³-hybridized carbons (Fsp3) is 0.200. The van der Waals surface area contributed by atoms with Gasteiger partial charge in [0.05, 0.1) is 11.6 Å². The number of nitrogens with zero attached hydrogens (tertiary/aromatic N) is 3. The van der Waals surface area contributed by atoms with Gasteiger partial charge in [0.1, 0.15) is 0 Å². The maximum atomic E-state index is 12.5. The first-order chi connectivity index (χ1) is 12.7. The Bertz CT molecular complexity index is 926. The Morgan fingerprint density at radius 1 is 1.15 bits per heavy atom. The zero-order valence-corrected chi connectivity index (χ0v) is 14.1. The van der Waals surface area contributed by atoms with E-state index in [1.165, 1.54) is 24.5 Å². The van der Waals surface area contributed by atoms with Crippen molar-refractivity contribution in [2.24, 2.45) is 0 Å². The van der Waals surface area contributed by atoms with Crippen molar-refractivity contribution in [3.8, 4) is 11.4 Å². The fourth-order valence-electron chi connectivity index (χ4n) is 3.23. The fourth-order valence-corrected chi connectivity index (χ4v) is 3.23. The van der Waals surface area contributed by atoms with Crippen molar-refractivity contribution in [3.63, 3.8) is 0 Å². The van der Waals surface area contributed by atoms with Crippen LogP contribution in [0.5, 0.6) is 0 Å². The van der Waals surface area contributed by atoms with Crippen molar-refractivity contribution >= 4 is 5.91 Å². The molecule has 2 heterocycles. The van der Waals surface area contributed by atoms with E-state index in [-0.39, 0.29) is 11.9 Å². The van der Waals surface area contributed by atoms with Gasteiger partial charge in [0.2, 0.25) is 0 Å². The average Bonchev–Trinajstić information content (AvgIpc) is 2.69.